The van der Waals surface area contributed by atoms with E-state index in [1.165, 1.54) is 10.8 Å². The van der Waals surface area contributed by atoms with E-state index < -0.39 is 0 Å². The first kappa shape index (κ1) is 22.1. The Balaban J connectivity index is 1.54. The van der Waals surface area contributed by atoms with Gasteiger partial charge in [-0.05, 0) is 36.4 Å². The number of hydrogen-bond donors (Lipinski definition) is 1. The molecule has 1 heterocycles. The van der Waals surface area contributed by atoms with Crippen molar-refractivity contribution >= 4 is 58.0 Å². The van der Waals surface area contributed by atoms with E-state index in [9.17, 15) is 9.59 Å². The molecule has 1 amide bonds. The van der Waals surface area contributed by atoms with E-state index in [-0.39, 0.29) is 17.2 Å². The van der Waals surface area contributed by atoms with Gasteiger partial charge in [-0.15, -0.1) is 0 Å². The predicted molar refractivity (Wildman–Crippen MR) is 130 cm³/mol. The third-order valence-corrected chi connectivity index (χ3v) is 5.95. The molecular formula is C23H16Cl2N4O2S. The summed E-state index contributed by atoms with van der Waals surface area (Å²) in [5.41, 5.74) is 4.13. The molecule has 32 heavy (non-hydrogen) atoms. The number of hydrogen-bond acceptors (Lipinski definition) is 5. The number of thioether (sulfide) groups is 1. The summed E-state index contributed by atoms with van der Waals surface area (Å²) in [5, 5.41) is 5.81. The third-order valence-electron chi connectivity index (χ3n) is 4.45. The summed E-state index contributed by atoms with van der Waals surface area (Å²) in [6, 6.07) is 21.3. The molecule has 6 nitrogen and oxygen atoms in total. The first-order valence-corrected chi connectivity index (χ1v) is 11.2. The smallest absolute Gasteiger partial charge is 0.266 e. The monoisotopic (exact) mass is 482 g/mol. The van der Waals surface area contributed by atoms with Crippen molar-refractivity contribution in [1.29, 1.82) is 0 Å². The van der Waals surface area contributed by atoms with E-state index >= 15 is 0 Å². The van der Waals surface area contributed by atoms with Crippen molar-refractivity contribution in [3.63, 3.8) is 0 Å². The molecule has 0 aliphatic heterocycles. The zero-order valence-electron chi connectivity index (χ0n) is 16.5. The highest BCUT2D eigenvalue weighted by Gasteiger charge is 2.14. The van der Waals surface area contributed by atoms with Crippen molar-refractivity contribution in [2.45, 2.75) is 5.16 Å². The maximum absolute atomic E-state index is 13.1. The normalized spacial score (nSPS) is 11.2. The van der Waals surface area contributed by atoms with Gasteiger partial charge in [-0.2, -0.15) is 5.10 Å². The van der Waals surface area contributed by atoms with Gasteiger partial charge in [0.2, 0.25) is 0 Å². The summed E-state index contributed by atoms with van der Waals surface area (Å²) in [4.78, 5) is 30.1. The topological polar surface area (TPSA) is 76.3 Å². The number of fused-ring (bicyclic) bond motifs is 1. The first-order chi connectivity index (χ1) is 15.5. The van der Waals surface area contributed by atoms with Gasteiger partial charge in [0, 0.05) is 10.6 Å². The van der Waals surface area contributed by atoms with Crippen LogP contribution >= 0.6 is 35.0 Å². The molecule has 1 aromatic heterocycles. The minimum absolute atomic E-state index is 0.0172. The Bertz CT molecular complexity index is 1370. The van der Waals surface area contributed by atoms with Gasteiger partial charge < -0.3 is 0 Å². The average Bonchev–Trinajstić information content (AvgIpc) is 2.80. The fourth-order valence-electron chi connectivity index (χ4n) is 2.96. The van der Waals surface area contributed by atoms with Crippen molar-refractivity contribution in [2.24, 2.45) is 5.10 Å². The molecule has 9 heteroatoms. The summed E-state index contributed by atoms with van der Waals surface area (Å²) < 4.78 is 1.51. The Hall–Kier alpha value is -3.13. The Kier molecular flexibility index (Phi) is 6.90. The Labute approximate surface area is 197 Å². The lowest BCUT2D eigenvalue weighted by Crippen LogP contribution is -2.24. The standard InChI is InChI=1S/C23H16Cl2N4O2S/c24-16-11-10-15(19(25)12-16)13-26-28-21(30)14-32-23-27-20-9-5-4-8-18(20)22(31)29(23)17-6-2-1-3-7-17/h1-13H,14H2,(H,28,30)/b26-13+. The summed E-state index contributed by atoms with van der Waals surface area (Å²) in [7, 11) is 0. The quantitative estimate of drug-likeness (QED) is 0.183. The highest BCUT2D eigenvalue weighted by Crippen LogP contribution is 2.21. The van der Waals surface area contributed by atoms with E-state index in [2.05, 4.69) is 15.5 Å². The van der Waals surface area contributed by atoms with Crippen molar-refractivity contribution in [3.05, 3.63) is 98.8 Å². The zero-order valence-corrected chi connectivity index (χ0v) is 18.9. The number of carbonyl (C=O) groups is 1. The number of halogens is 2. The van der Waals surface area contributed by atoms with Crippen molar-refractivity contribution < 1.29 is 4.79 Å². The van der Waals surface area contributed by atoms with Crippen LogP contribution in [0.4, 0.5) is 0 Å². The number of rotatable bonds is 6. The second-order valence-electron chi connectivity index (χ2n) is 6.64. The Morgan fingerprint density at radius 1 is 1.06 bits per heavy atom. The van der Waals surface area contributed by atoms with E-state index in [4.69, 9.17) is 23.2 Å². The van der Waals surface area contributed by atoms with Crippen LogP contribution in [0.25, 0.3) is 16.6 Å². The molecule has 4 aromatic rings. The molecule has 1 N–H and O–H groups in total. The van der Waals surface area contributed by atoms with Gasteiger partial charge in [-0.25, -0.2) is 10.4 Å². The van der Waals surface area contributed by atoms with Gasteiger partial charge in [-0.1, -0.05) is 71.4 Å². The minimum Gasteiger partial charge on any atom is -0.272 e. The first-order valence-electron chi connectivity index (χ1n) is 9.50. The van der Waals surface area contributed by atoms with Crippen LogP contribution in [0.1, 0.15) is 5.56 Å². The maximum atomic E-state index is 13.1. The van der Waals surface area contributed by atoms with E-state index in [0.29, 0.717) is 37.4 Å². The minimum atomic E-state index is -0.349. The molecule has 0 atom stereocenters. The maximum Gasteiger partial charge on any atom is 0.266 e. The van der Waals surface area contributed by atoms with Crippen LogP contribution in [-0.4, -0.2) is 27.4 Å². The fourth-order valence-corrected chi connectivity index (χ4v) is 4.22. The molecule has 0 saturated carbocycles. The molecule has 0 radical (unpaired) electrons. The average molecular weight is 483 g/mol. The van der Waals surface area contributed by atoms with Crippen molar-refractivity contribution in [2.75, 3.05) is 5.75 Å². The summed E-state index contributed by atoms with van der Waals surface area (Å²) in [6.45, 7) is 0. The highest BCUT2D eigenvalue weighted by atomic mass is 35.5. The Morgan fingerprint density at radius 2 is 1.81 bits per heavy atom. The Morgan fingerprint density at radius 3 is 2.59 bits per heavy atom. The molecule has 0 unspecified atom stereocenters. The largest absolute Gasteiger partial charge is 0.272 e. The predicted octanol–water partition coefficient (Wildman–Crippen LogP) is 4.93. The van der Waals surface area contributed by atoms with Crippen LogP contribution in [0.2, 0.25) is 10.0 Å². The van der Waals surface area contributed by atoms with Gasteiger partial charge in [-0.3, -0.25) is 14.2 Å². The number of nitrogens with zero attached hydrogens (tertiary/aromatic N) is 3. The lowest BCUT2D eigenvalue weighted by atomic mass is 10.2. The summed E-state index contributed by atoms with van der Waals surface area (Å²) in [5.74, 6) is -0.332. The summed E-state index contributed by atoms with van der Waals surface area (Å²) in [6.07, 6.45) is 1.44. The molecule has 0 saturated heterocycles. The molecule has 0 aliphatic carbocycles. The van der Waals surface area contributed by atoms with Crippen LogP contribution < -0.4 is 11.0 Å². The van der Waals surface area contributed by atoms with Crippen molar-refractivity contribution in [1.82, 2.24) is 15.0 Å². The number of para-hydroxylation sites is 2. The van der Waals surface area contributed by atoms with Crippen LogP contribution in [0.5, 0.6) is 0 Å². The van der Waals surface area contributed by atoms with Crippen molar-refractivity contribution in [3.8, 4) is 5.69 Å². The lowest BCUT2D eigenvalue weighted by Gasteiger charge is -2.12. The number of carbonyl (C=O) groups excluding carboxylic acids is 1. The van der Waals surface area contributed by atoms with Gasteiger partial charge in [0.1, 0.15) is 0 Å². The van der Waals surface area contributed by atoms with Gasteiger partial charge in [0.15, 0.2) is 5.16 Å². The summed E-state index contributed by atoms with van der Waals surface area (Å²) >= 11 is 13.1. The number of nitrogens with one attached hydrogen (secondary N) is 1. The molecule has 0 aliphatic rings. The van der Waals surface area contributed by atoms with Crippen LogP contribution in [0.15, 0.2) is 87.8 Å². The third kappa shape index (κ3) is 5.02. The second kappa shape index (κ2) is 9.99. The number of benzene rings is 3. The number of hydrazone groups is 1. The lowest BCUT2D eigenvalue weighted by molar-refractivity contribution is -0.118. The molecule has 0 bridgehead atoms. The SMILES string of the molecule is O=C(CSc1nc2ccccc2c(=O)n1-c1ccccc1)N/N=C/c1ccc(Cl)cc1Cl. The van der Waals surface area contributed by atoms with E-state index in [1.54, 1.807) is 36.4 Å². The zero-order chi connectivity index (χ0) is 22.5. The molecular weight excluding hydrogens is 467 g/mol. The van der Waals surface area contributed by atoms with Gasteiger partial charge in [0.05, 0.1) is 33.6 Å². The molecule has 0 spiro atoms. The number of aromatic nitrogens is 2. The second-order valence-corrected chi connectivity index (χ2v) is 8.42. The van der Waals surface area contributed by atoms with E-state index in [0.717, 1.165) is 11.8 Å². The molecule has 0 fully saturated rings. The number of amides is 1. The molecule has 160 valence electrons. The fraction of sp³-hybridized carbons (Fsp3) is 0.0435. The van der Waals surface area contributed by atoms with Crippen LogP contribution in [0.3, 0.4) is 0 Å². The highest BCUT2D eigenvalue weighted by molar-refractivity contribution is 7.99. The van der Waals surface area contributed by atoms with Crippen LogP contribution in [0, 0.1) is 0 Å². The van der Waals surface area contributed by atoms with E-state index in [1.807, 2.05) is 36.4 Å². The van der Waals surface area contributed by atoms with Gasteiger partial charge >= 0.3 is 0 Å². The van der Waals surface area contributed by atoms with Gasteiger partial charge in [0.25, 0.3) is 11.5 Å². The van der Waals surface area contributed by atoms with Crippen LogP contribution in [-0.2, 0) is 4.79 Å². The molecule has 4 rings (SSSR count). The molecule has 3 aromatic carbocycles.